The van der Waals surface area contributed by atoms with Gasteiger partial charge in [0, 0.05) is 22.0 Å². The summed E-state index contributed by atoms with van der Waals surface area (Å²) in [5.74, 6) is 0. The largest absolute Gasteiger partial charge is 0.224 e. The summed E-state index contributed by atoms with van der Waals surface area (Å²) in [6.45, 7) is 2.32. The highest BCUT2D eigenvalue weighted by Gasteiger charge is 2.47. The van der Waals surface area contributed by atoms with E-state index >= 15 is 0 Å². The molecule has 1 aliphatic carbocycles. The minimum absolute atomic E-state index is 0.427. The third-order valence-corrected chi connectivity index (χ3v) is 6.91. The van der Waals surface area contributed by atoms with Gasteiger partial charge in [0.2, 0.25) is 0 Å². The SMILES string of the molecule is C[C@@H](c1ccc(Br)cc1)[N+]1(C)SC(=S)C2=C1CCCC2. The molecule has 0 bridgehead atoms. The molecule has 3 rings (SSSR count). The molecule has 0 radical (unpaired) electrons. The van der Waals surface area contributed by atoms with Gasteiger partial charge in [0.15, 0.2) is 0 Å². The molecule has 0 spiro atoms. The van der Waals surface area contributed by atoms with Crippen LogP contribution in [0.4, 0.5) is 0 Å². The van der Waals surface area contributed by atoms with Gasteiger partial charge in [-0.15, -0.1) is 0 Å². The van der Waals surface area contributed by atoms with Crippen molar-refractivity contribution in [2.24, 2.45) is 0 Å². The van der Waals surface area contributed by atoms with E-state index in [9.17, 15) is 0 Å². The monoisotopic (exact) mass is 368 g/mol. The van der Waals surface area contributed by atoms with Crippen LogP contribution >= 0.6 is 40.1 Å². The van der Waals surface area contributed by atoms with E-state index in [2.05, 4.69) is 54.2 Å². The minimum Gasteiger partial charge on any atom is -0.224 e. The average molecular weight is 369 g/mol. The first-order valence-corrected chi connectivity index (χ1v) is 9.08. The molecular weight excluding hydrogens is 350 g/mol. The summed E-state index contributed by atoms with van der Waals surface area (Å²) in [7, 11) is 2.33. The first kappa shape index (κ1) is 14.8. The normalized spacial score (nSPS) is 27.6. The van der Waals surface area contributed by atoms with Gasteiger partial charge in [0.05, 0.1) is 7.05 Å². The fourth-order valence-electron chi connectivity index (χ4n) is 3.22. The van der Waals surface area contributed by atoms with E-state index in [4.69, 9.17) is 12.2 Å². The third kappa shape index (κ3) is 2.41. The van der Waals surface area contributed by atoms with Gasteiger partial charge >= 0.3 is 0 Å². The van der Waals surface area contributed by atoms with Crippen LogP contribution in [0.5, 0.6) is 0 Å². The van der Waals surface area contributed by atoms with Crippen LogP contribution in [-0.4, -0.2) is 15.1 Å². The van der Waals surface area contributed by atoms with Crippen LogP contribution < -0.4 is 0 Å². The molecule has 20 heavy (non-hydrogen) atoms. The number of quaternary nitrogens is 1. The minimum atomic E-state index is 0.427. The summed E-state index contributed by atoms with van der Waals surface area (Å²) in [5.41, 5.74) is 4.43. The smallest absolute Gasteiger partial charge is 0.138 e. The lowest BCUT2D eigenvalue weighted by atomic mass is 9.95. The highest BCUT2D eigenvalue weighted by Crippen LogP contribution is 2.52. The van der Waals surface area contributed by atoms with Crippen LogP contribution in [0.25, 0.3) is 0 Å². The third-order valence-electron chi connectivity index (χ3n) is 4.59. The molecule has 2 atom stereocenters. The zero-order chi connectivity index (χ0) is 14.3. The maximum absolute atomic E-state index is 5.64. The van der Waals surface area contributed by atoms with Gasteiger partial charge in [-0.05, 0) is 38.3 Å². The lowest BCUT2D eigenvalue weighted by Gasteiger charge is -2.36. The van der Waals surface area contributed by atoms with E-state index in [-0.39, 0.29) is 0 Å². The molecule has 0 amide bonds. The highest BCUT2D eigenvalue weighted by molar-refractivity contribution is 9.10. The Morgan fingerprint density at radius 2 is 1.85 bits per heavy atom. The number of hydrogen-bond donors (Lipinski definition) is 0. The van der Waals surface area contributed by atoms with Crippen molar-refractivity contribution in [2.75, 3.05) is 7.05 Å². The molecule has 2 aliphatic rings. The standard InChI is InChI=1S/C16H19BrNS2/c1-11(12-7-9-13(17)10-8-12)18(2)15-6-4-3-5-14(15)16(19)20-18/h7-11H,3-6H2,1-2H3/q+1/t11-,18?/m0/s1. The number of benzene rings is 1. The molecule has 1 aromatic rings. The van der Waals surface area contributed by atoms with Crippen molar-refractivity contribution >= 4 is 44.3 Å². The van der Waals surface area contributed by atoms with Crippen molar-refractivity contribution in [3.8, 4) is 0 Å². The Morgan fingerprint density at radius 3 is 2.55 bits per heavy atom. The maximum Gasteiger partial charge on any atom is 0.138 e. The molecule has 1 aromatic carbocycles. The number of allylic oxidation sites excluding steroid dienone is 1. The van der Waals surface area contributed by atoms with Gasteiger partial charge in [-0.25, -0.2) is 3.89 Å². The van der Waals surface area contributed by atoms with E-state index in [0.29, 0.717) is 6.04 Å². The topological polar surface area (TPSA) is 0 Å². The number of rotatable bonds is 2. The quantitative estimate of drug-likeness (QED) is 0.369. The Morgan fingerprint density at radius 1 is 1.20 bits per heavy atom. The van der Waals surface area contributed by atoms with Crippen molar-refractivity contribution in [1.29, 1.82) is 0 Å². The average Bonchev–Trinajstić information content (AvgIpc) is 2.72. The molecule has 0 saturated heterocycles. The van der Waals surface area contributed by atoms with Crippen LogP contribution in [0.3, 0.4) is 0 Å². The molecule has 4 heteroatoms. The first-order chi connectivity index (χ1) is 9.52. The summed E-state index contributed by atoms with van der Waals surface area (Å²) in [5, 5.41) is 0. The molecule has 1 nitrogen and oxygen atoms in total. The highest BCUT2D eigenvalue weighted by atomic mass is 79.9. The Balaban J connectivity index is 1.98. The van der Waals surface area contributed by atoms with Crippen molar-refractivity contribution in [3.63, 3.8) is 0 Å². The van der Waals surface area contributed by atoms with E-state index in [1.807, 2.05) is 11.9 Å². The second-order valence-electron chi connectivity index (χ2n) is 5.73. The predicted molar refractivity (Wildman–Crippen MR) is 94.4 cm³/mol. The van der Waals surface area contributed by atoms with E-state index < -0.39 is 0 Å². The number of thiocarbonyl (C=S) groups is 1. The Kier molecular flexibility index (Phi) is 4.10. The van der Waals surface area contributed by atoms with Crippen LogP contribution in [0.2, 0.25) is 0 Å². The van der Waals surface area contributed by atoms with E-state index in [1.54, 1.807) is 5.70 Å². The Bertz CT molecular complexity index is 579. The summed E-state index contributed by atoms with van der Waals surface area (Å²) in [6.07, 6.45) is 5.00. The zero-order valence-electron chi connectivity index (χ0n) is 11.9. The maximum atomic E-state index is 5.64. The molecule has 106 valence electrons. The lowest BCUT2D eigenvalue weighted by Crippen LogP contribution is -2.36. The van der Waals surface area contributed by atoms with Gasteiger partial charge in [0.25, 0.3) is 0 Å². The van der Waals surface area contributed by atoms with Crippen LogP contribution in [-0.2, 0) is 0 Å². The Labute approximate surface area is 139 Å². The summed E-state index contributed by atoms with van der Waals surface area (Å²) in [4.78, 5) is 0. The summed E-state index contributed by atoms with van der Waals surface area (Å²) >= 11 is 11.0. The summed E-state index contributed by atoms with van der Waals surface area (Å²) in [6, 6.07) is 9.14. The number of halogens is 1. The second-order valence-corrected chi connectivity index (χ2v) is 8.66. The molecule has 0 aromatic heterocycles. The van der Waals surface area contributed by atoms with E-state index in [0.717, 1.165) is 12.6 Å². The Hall–Kier alpha value is -0.160. The number of hydrogen-bond acceptors (Lipinski definition) is 2. The zero-order valence-corrected chi connectivity index (χ0v) is 15.1. The van der Waals surface area contributed by atoms with Gasteiger partial charge in [0.1, 0.15) is 27.9 Å². The van der Waals surface area contributed by atoms with E-state index in [1.165, 1.54) is 36.8 Å². The molecular formula is C16H19BrNS2+. The van der Waals surface area contributed by atoms with Crippen molar-refractivity contribution in [3.05, 3.63) is 45.6 Å². The molecule has 0 fully saturated rings. The molecule has 0 saturated carbocycles. The van der Waals surface area contributed by atoms with Crippen LogP contribution in [0, 0.1) is 0 Å². The fraction of sp³-hybridized carbons (Fsp3) is 0.438. The molecule has 1 heterocycles. The van der Waals surface area contributed by atoms with Crippen molar-refractivity contribution in [1.82, 2.24) is 0 Å². The van der Waals surface area contributed by atoms with Gasteiger partial charge in [-0.3, -0.25) is 0 Å². The summed E-state index contributed by atoms with van der Waals surface area (Å²) < 4.78 is 3.18. The first-order valence-electron chi connectivity index (χ1n) is 7.10. The van der Waals surface area contributed by atoms with Crippen LogP contribution in [0.1, 0.15) is 44.2 Å². The van der Waals surface area contributed by atoms with Gasteiger partial charge in [-0.2, -0.15) is 0 Å². The van der Waals surface area contributed by atoms with Crippen molar-refractivity contribution in [2.45, 2.75) is 38.6 Å². The van der Waals surface area contributed by atoms with Crippen molar-refractivity contribution < 1.29 is 3.89 Å². The lowest BCUT2D eigenvalue weighted by molar-refractivity contribution is -0.765. The van der Waals surface area contributed by atoms with Gasteiger partial charge in [-0.1, -0.05) is 40.3 Å². The second kappa shape index (κ2) is 5.56. The predicted octanol–water partition coefficient (Wildman–Crippen LogP) is 5.77. The van der Waals surface area contributed by atoms with Gasteiger partial charge < -0.3 is 0 Å². The molecule has 1 aliphatic heterocycles. The molecule has 1 unspecified atom stereocenters. The number of nitrogens with zero attached hydrogens (tertiary/aromatic N) is 1. The molecule has 0 N–H and O–H groups in total. The van der Waals surface area contributed by atoms with Crippen LogP contribution in [0.15, 0.2) is 40.0 Å². The fourth-order valence-corrected chi connectivity index (χ4v) is 5.44.